The number of hydrogen-bond acceptors (Lipinski definition) is 5. The number of aromatic nitrogens is 3. The number of amides is 2. The summed E-state index contributed by atoms with van der Waals surface area (Å²) in [5, 5.41) is 10.9. The number of thioether (sulfide) groups is 1. The number of anilines is 2. The first-order valence-corrected chi connectivity index (χ1v) is 9.94. The largest absolute Gasteiger partial charge is 0.326 e. The molecule has 0 spiro atoms. The molecule has 7 nitrogen and oxygen atoms in total. The van der Waals surface area contributed by atoms with Crippen LogP contribution in [-0.2, 0) is 15.3 Å². The van der Waals surface area contributed by atoms with E-state index in [-0.39, 0.29) is 18.2 Å². The van der Waals surface area contributed by atoms with E-state index in [1.165, 1.54) is 16.4 Å². The molecule has 1 atom stereocenters. The highest BCUT2D eigenvalue weighted by molar-refractivity contribution is 7.98. The fourth-order valence-electron chi connectivity index (χ4n) is 2.83. The van der Waals surface area contributed by atoms with Crippen LogP contribution in [0.3, 0.4) is 0 Å². The first kappa shape index (κ1) is 18.5. The number of fused-ring (bicyclic) bond motifs is 1. The molecular weight excluding hydrogens is 398 g/mol. The number of carbonyl (C=O) groups excluding carboxylic acids is 2. The highest BCUT2D eigenvalue weighted by atomic mass is 35.5. The van der Waals surface area contributed by atoms with Gasteiger partial charge in [-0.05, 0) is 23.8 Å². The van der Waals surface area contributed by atoms with E-state index in [0.717, 1.165) is 11.3 Å². The Hall–Kier alpha value is -2.84. The summed E-state index contributed by atoms with van der Waals surface area (Å²) in [6.45, 7) is 0. The van der Waals surface area contributed by atoms with Crippen molar-refractivity contribution in [2.45, 2.75) is 23.4 Å². The predicted octanol–water partition coefficient (Wildman–Crippen LogP) is 3.75. The van der Waals surface area contributed by atoms with E-state index in [4.69, 9.17) is 11.6 Å². The average molecular weight is 414 g/mol. The van der Waals surface area contributed by atoms with Gasteiger partial charge in [-0.25, -0.2) is 4.68 Å². The molecule has 9 heteroatoms. The Labute approximate surface area is 170 Å². The topological polar surface area (TPSA) is 88.9 Å². The van der Waals surface area contributed by atoms with Gasteiger partial charge in [0.2, 0.25) is 17.0 Å². The highest BCUT2D eigenvalue weighted by Crippen LogP contribution is 2.29. The van der Waals surface area contributed by atoms with E-state index in [0.29, 0.717) is 21.8 Å². The van der Waals surface area contributed by atoms with Crippen LogP contribution in [0.1, 0.15) is 18.0 Å². The number of nitrogens with one attached hydrogen (secondary N) is 2. The molecule has 28 heavy (non-hydrogen) atoms. The molecule has 3 aromatic rings. The number of rotatable bonds is 6. The lowest BCUT2D eigenvalue weighted by molar-refractivity contribution is -0.123. The maximum absolute atomic E-state index is 12.4. The average Bonchev–Trinajstić information content (AvgIpc) is 3.19. The minimum absolute atomic E-state index is 0.0441. The Morgan fingerprint density at radius 1 is 1.21 bits per heavy atom. The summed E-state index contributed by atoms with van der Waals surface area (Å²) in [6, 6.07) is 16.1. The van der Waals surface area contributed by atoms with E-state index < -0.39 is 6.04 Å². The molecular formula is C19H16ClN5O2S. The number of hydrogen-bond donors (Lipinski definition) is 2. The lowest BCUT2D eigenvalue weighted by Crippen LogP contribution is -2.23. The van der Waals surface area contributed by atoms with Gasteiger partial charge in [0.05, 0.1) is 6.42 Å². The summed E-state index contributed by atoms with van der Waals surface area (Å²) in [5.74, 6) is 0.485. The van der Waals surface area contributed by atoms with Crippen molar-refractivity contribution in [3.8, 4) is 0 Å². The van der Waals surface area contributed by atoms with E-state index in [2.05, 4.69) is 20.7 Å². The summed E-state index contributed by atoms with van der Waals surface area (Å²) in [7, 11) is 0. The SMILES string of the molecule is O=C(CC1C(=O)Nc2nc(SCc3ccccc3)nn21)Nc1cccc(Cl)c1. The van der Waals surface area contributed by atoms with Crippen LogP contribution >= 0.6 is 23.4 Å². The summed E-state index contributed by atoms with van der Waals surface area (Å²) >= 11 is 7.40. The molecule has 1 aliphatic rings. The second-order valence-electron chi connectivity index (χ2n) is 6.20. The zero-order valence-corrected chi connectivity index (χ0v) is 16.2. The lowest BCUT2D eigenvalue weighted by atomic mass is 10.2. The molecule has 1 aromatic heterocycles. The van der Waals surface area contributed by atoms with Crippen LogP contribution in [-0.4, -0.2) is 26.6 Å². The van der Waals surface area contributed by atoms with Crippen LogP contribution in [0.2, 0.25) is 5.02 Å². The summed E-state index contributed by atoms with van der Waals surface area (Å²) < 4.78 is 1.48. The predicted molar refractivity (Wildman–Crippen MR) is 108 cm³/mol. The monoisotopic (exact) mass is 413 g/mol. The molecule has 0 aliphatic carbocycles. The molecule has 4 rings (SSSR count). The third-order valence-electron chi connectivity index (χ3n) is 4.14. The van der Waals surface area contributed by atoms with Crippen LogP contribution in [0.4, 0.5) is 11.6 Å². The number of benzene rings is 2. The Morgan fingerprint density at radius 3 is 2.82 bits per heavy atom. The molecule has 142 valence electrons. The van der Waals surface area contributed by atoms with Gasteiger partial charge in [-0.15, -0.1) is 5.10 Å². The van der Waals surface area contributed by atoms with E-state index in [1.807, 2.05) is 30.3 Å². The first-order valence-electron chi connectivity index (χ1n) is 8.58. The van der Waals surface area contributed by atoms with Crippen LogP contribution < -0.4 is 10.6 Å². The smallest absolute Gasteiger partial charge is 0.252 e. The highest BCUT2D eigenvalue weighted by Gasteiger charge is 2.35. The van der Waals surface area contributed by atoms with Gasteiger partial charge >= 0.3 is 0 Å². The van der Waals surface area contributed by atoms with Crippen molar-refractivity contribution in [2.75, 3.05) is 10.6 Å². The molecule has 0 saturated carbocycles. The molecule has 0 bridgehead atoms. The maximum atomic E-state index is 12.4. The van der Waals surface area contributed by atoms with Crippen molar-refractivity contribution in [3.63, 3.8) is 0 Å². The van der Waals surface area contributed by atoms with Crippen molar-refractivity contribution in [2.24, 2.45) is 0 Å². The third kappa shape index (κ3) is 4.18. The number of halogens is 1. The first-order chi connectivity index (χ1) is 13.6. The molecule has 2 aromatic carbocycles. The van der Waals surface area contributed by atoms with Gasteiger partial charge in [0.15, 0.2) is 0 Å². The van der Waals surface area contributed by atoms with Gasteiger partial charge in [-0.1, -0.05) is 59.8 Å². The molecule has 2 N–H and O–H groups in total. The fourth-order valence-corrected chi connectivity index (χ4v) is 3.80. The van der Waals surface area contributed by atoms with Gasteiger partial charge in [-0.2, -0.15) is 4.98 Å². The molecule has 0 radical (unpaired) electrons. The standard InChI is InChI=1S/C19H16ClN5O2S/c20-13-7-4-8-14(9-13)21-16(26)10-15-17(27)22-18-23-19(24-25(15)18)28-11-12-5-2-1-3-6-12/h1-9,15H,10-11H2,(H,21,26)(H,22,23,24,27). The zero-order chi connectivity index (χ0) is 19.5. The Bertz CT molecular complexity index is 1020. The van der Waals surface area contributed by atoms with Gasteiger partial charge < -0.3 is 5.32 Å². The molecule has 2 heterocycles. The van der Waals surface area contributed by atoms with Gasteiger partial charge in [0.1, 0.15) is 6.04 Å². The lowest BCUT2D eigenvalue weighted by Gasteiger charge is -2.10. The number of nitrogens with zero attached hydrogens (tertiary/aromatic N) is 3. The molecule has 1 unspecified atom stereocenters. The normalized spacial score (nSPS) is 15.2. The molecule has 1 aliphatic heterocycles. The van der Waals surface area contributed by atoms with Gasteiger partial charge in [-0.3, -0.25) is 14.9 Å². The minimum Gasteiger partial charge on any atom is -0.326 e. The second-order valence-corrected chi connectivity index (χ2v) is 7.58. The Kier molecular flexibility index (Phi) is 5.31. The minimum atomic E-state index is -0.729. The van der Waals surface area contributed by atoms with Gasteiger partial charge in [0.25, 0.3) is 5.91 Å². The number of carbonyl (C=O) groups is 2. The van der Waals surface area contributed by atoms with Crippen LogP contribution in [0, 0.1) is 0 Å². The van der Waals surface area contributed by atoms with Crippen molar-refractivity contribution >= 4 is 46.8 Å². The molecule has 0 fully saturated rings. The fraction of sp³-hybridized carbons (Fsp3) is 0.158. The summed E-state index contributed by atoms with van der Waals surface area (Å²) in [5.41, 5.74) is 1.73. The maximum Gasteiger partial charge on any atom is 0.252 e. The van der Waals surface area contributed by atoms with Crippen molar-refractivity contribution in [3.05, 3.63) is 65.2 Å². The quantitative estimate of drug-likeness (QED) is 0.601. The zero-order valence-electron chi connectivity index (χ0n) is 14.6. The summed E-state index contributed by atoms with van der Waals surface area (Å²) in [4.78, 5) is 28.9. The second kappa shape index (κ2) is 8.04. The van der Waals surface area contributed by atoms with Crippen molar-refractivity contribution in [1.82, 2.24) is 14.8 Å². The van der Waals surface area contributed by atoms with Crippen molar-refractivity contribution in [1.29, 1.82) is 0 Å². The Balaban J connectivity index is 1.41. The van der Waals surface area contributed by atoms with E-state index in [9.17, 15) is 9.59 Å². The van der Waals surface area contributed by atoms with Crippen LogP contribution in [0.25, 0.3) is 0 Å². The Morgan fingerprint density at radius 2 is 2.04 bits per heavy atom. The molecule has 2 amide bonds. The van der Waals surface area contributed by atoms with Crippen molar-refractivity contribution < 1.29 is 9.59 Å². The third-order valence-corrected chi connectivity index (χ3v) is 5.29. The van der Waals surface area contributed by atoms with Crippen LogP contribution in [0.5, 0.6) is 0 Å². The van der Waals surface area contributed by atoms with Crippen LogP contribution in [0.15, 0.2) is 59.8 Å². The summed E-state index contributed by atoms with van der Waals surface area (Å²) in [6.07, 6.45) is -0.0441. The van der Waals surface area contributed by atoms with Gasteiger partial charge in [0, 0.05) is 16.5 Å². The molecule has 0 saturated heterocycles. The van der Waals surface area contributed by atoms with E-state index >= 15 is 0 Å². The van der Waals surface area contributed by atoms with E-state index in [1.54, 1.807) is 24.3 Å².